The number of carbonyl (C=O) groups is 1. The van der Waals surface area contributed by atoms with Crippen LogP contribution in [0.15, 0.2) is 30.3 Å². The molecule has 0 radical (unpaired) electrons. The molecule has 1 aromatic heterocycles. The molecule has 9 heteroatoms. The monoisotopic (exact) mass is 380 g/mol. The van der Waals surface area contributed by atoms with Gasteiger partial charge in [-0.1, -0.05) is 6.07 Å². The van der Waals surface area contributed by atoms with E-state index in [-0.39, 0.29) is 29.2 Å². The minimum atomic E-state index is -4.44. The molecule has 0 bridgehead atoms. The number of anilines is 2. The van der Waals surface area contributed by atoms with Crippen LogP contribution in [0.5, 0.6) is 0 Å². The maximum Gasteiger partial charge on any atom is 0.416 e. The van der Waals surface area contributed by atoms with Crippen LogP contribution in [0.4, 0.5) is 24.7 Å². The summed E-state index contributed by atoms with van der Waals surface area (Å²) in [7, 11) is 0. The van der Waals surface area contributed by atoms with Gasteiger partial charge in [0.1, 0.15) is 17.3 Å². The minimum Gasteiger partial charge on any atom is -0.376 e. The van der Waals surface area contributed by atoms with Gasteiger partial charge in [0.05, 0.1) is 11.7 Å². The van der Waals surface area contributed by atoms with Gasteiger partial charge >= 0.3 is 6.18 Å². The number of benzene rings is 1. The van der Waals surface area contributed by atoms with Crippen molar-refractivity contribution in [1.82, 2.24) is 15.3 Å². The van der Waals surface area contributed by atoms with Crippen LogP contribution < -0.4 is 10.6 Å². The van der Waals surface area contributed by atoms with Crippen LogP contribution in [0, 0.1) is 6.92 Å². The lowest BCUT2D eigenvalue weighted by atomic mass is 10.2. The third-order valence-corrected chi connectivity index (χ3v) is 4.05. The van der Waals surface area contributed by atoms with Crippen molar-refractivity contribution in [2.45, 2.75) is 32.0 Å². The van der Waals surface area contributed by atoms with Gasteiger partial charge < -0.3 is 15.4 Å². The van der Waals surface area contributed by atoms with Crippen molar-refractivity contribution < 1.29 is 22.7 Å². The van der Waals surface area contributed by atoms with E-state index >= 15 is 0 Å². The van der Waals surface area contributed by atoms with E-state index in [2.05, 4.69) is 20.6 Å². The first kappa shape index (κ1) is 19.1. The number of nitrogens with one attached hydrogen (secondary N) is 2. The highest BCUT2D eigenvalue weighted by Crippen LogP contribution is 2.31. The first-order chi connectivity index (χ1) is 12.8. The van der Waals surface area contributed by atoms with E-state index in [4.69, 9.17) is 4.74 Å². The van der Waals surface area contributed by atoms with E-state index in [1.807, 2.05) is 0 Å². The largest absolute Gasteiger partial charge is 0.416 e. The lowest BCUT2D eigenvalue weighted by molar-refractivity contribution is -0.137. The predicted molar refractivity (Wildman–Crippen MR) is 92.8 cm³/mol. The summed E-state index contributed by atoms with van der Waals surface area (Å²) < 4.78 is 44.0. The second kappa shape index (κ2) is 7.91. The van der Waals surface area contributed by atoms with E-state index in [1.165, 1.54) is 18.2 Å². The number of aryl methyl sites for hydroxylation is 1. The van der Waals surface area contributed by atoms with Crippen molar-refractivity contribution in [3.05, 3.63) is 47.4 Å². The standard InChI is InChI=1S/C18H19F3N4O2/c1-11-23-15(17(26)22-10-14-6-3-7-27-14)9-16(24-11)25-13-5-2-4-12(8-13)18(19,20)21/h2,4-5,8-9,14H,3,6-7,10H2,1H3,(H,22,26)(H,23,24,25). The van der Waals surface area contributed by atoms with E-state index in [1.54, 1.807) is 6.92 Å². The molecule has 1 amide bonds. The Morgan fingerprint density at radius 2 is 2.11 bits per heavy atom. The van der Waals surface area contributed by atoms with E-state index in [0.29, 0.717) is 19.0 Å². The smallest absolute Gasteiger partial charge is 0.376 e. The summed E-state index contributed by atoms with van der Waals surface area (Å²) >= 11 is 0. The quantitative estimate of drug-likeness (QED) is 0.831. The van der Waals surface area contributed by atoms with E-state index in [0.717, 1.165) is 25.0 Å². The van der Waals surface area contributed by atoms with Crippen LogP contribution in [-0.2, 0) is 10.9 Å². The number of carbonyl (C=O) groups excluding carboxylic acids is 1. The summed E-state index contributed by atoms with van der Waals surface area (Å²) in [6, 6.07) is 6.16. The van der Waals surface area contributed by atoms with Crippen molar-refractivity contribution in [2.24, 2.45) is 0 Å². The number of aromatic nitrogens is 2. The highest BCUT2D eigenvalue weighted by atomic mass is 19.4. The third kappa shape index (κ3) is 5.16. The highest BCUT2D eigenvalue weighted by molar-refractivity contribution is 5.93. The Bertz CT molecular complexity index is 820. The van der Waals surface area contributed by atoms with Crippen LogP contribution >= 0.6 is 0 Å². The maximum absolute atomic E-state index is 12.8. The molecular weight excluding hydrogens is 361 g/mol. The third-order valence-electron chi connectivity index (χ3n) is 4.05. The molecule has 2 N–H and O–H groups in total. The molecule has 1 fully saturated rings. The van der Waals surface area contributed by atoms with Gasteiger partial charge in [0, 0.05) is 24.9 Å². The van der Waals surface area contributed by atoms with Gasteiger partial charge in [-0.3, -0.25) is 4.79 Å². The average Bonchev–Trinajstić information content (AvgIpc) is 3.12. The summed E-state index contributed by atoms with van der Waals surface area (Å²) in [5, 5.41) is 5.55. The van der Waals surface area contributed by atoms with Crippen LogP contribution in [0.1, 0.15) is 34.7 Å². The molecular formula is C18H19F3N4O2. The zero-order valence-corrected chi connectivity index (χ0v) is 14.6. The van der Waals surface area contributed by atoms with Gasteiger partial charge in [0.15, 0.2) is 0 Å². The molecule has 0 spiro atoms. The van der Waals surface area contributed by atoms with Crippen LogP contribution in [0.2, 0.25) is 0 Å². The fourth-order valence-electron chi connectivity index (χ4n) is 2.77. The molecule has 1 aliphatic heterocycles. The number of halogens is 3. The van der Waals surface area contributed by atoms with Gasteiger partial charge in [0.25, 0.3) is 5.91 Å². The number of alkyl halides is 3. The molecule has 0 saturated carbocycles. The second-order valence-corrected chi connectivity index (χ2v) is 6.23. The Morgan fingerprint density at radius 3 is 2.81 bits per heavy atom. The van der Waals surface area contributed by atoms with Gasteiger partial charge in [-0.2, -0.15) is 13.2 Å². The highest BCUT2D eigenvalue weighted by Gasteiger charge is 2.30. The predicted octanol–water partition coefficient (Wildman–Crippen LogP) is 3.46. The van der Waals surface area contributed by atoms with Gasteiger partial charge in [-0.25, -0.2) is 9.97 Å². The molecule has 2 heterocycles. The van der Waals surface area contributed by atoms with Crippen molar-refractivity contribution in [3.8, 4) is 0 Å². The zero-order valence-electron chi connectivity index (χ0n) is 14.6. The van der Waals surface area contributed by atoms with E-state index in [9.17, 15) is 18.0 Å². The molecule has 3 rings (SSSR count). The topological polar surface area (TPSA) is 76.1 Å². The average molecular weight is 380 g/mol. The fraction of sp³-hybridized carbons (Fsp3) is 0.389. The Labute approximate surface area is 154 Å². The molecule has 1 atom stereocenters. The first-order valence-electron chi connectivity index (χ1n) is 8.51. The fourth-order valence-corrected chi connectivity index (χ4v) is 2.77. The Kier molecular flexibility index (Phi) is 5.59. The number of amides is 1. The first-order valence-corrected chi connectivity index (χ1v) is 8.51. The Hall–Kier alpha value is -2.68. The molecule has 144 valence electrons. The van der Waals surface area contributed by atoms with Crippen LogP contribution in [0.25, 0.3) is 0 Å². The van der Waals surface area contributed by atoms with Crippen molar-refractivity contribution in [1.29, 1.82) is 0 Å². The second-order valence-electron chi connectivity index (χ2n) is 6.23. The van der Waals surface area contributed by atoms with Crippen molar-refractivity contribution >= 4 is 17.4 Å². The number of ether oxygens (including phenoxy) is 1. The number of hydrogen-bond donors (Lipinski definition) is 2. The minimum absolute atomic E-state index is 0.000382. The maximum atomic E-state index is 12.8. The summed E-state index contributed by atoms with van der Waals surface area (Å²) in [6.07, 6.45) is -2.57. The van der Waals surface area contributed by atoms with E-state index < -0.39 is 11.7 Å². The molecule has 1 unspecified atom stereocenters. The van der Waals surface area contributed by atoms with Crippen LogP contribution in [-0.4, -0.2) is 35.1 Å². The van der Waals surface area contributed by atoms with Gasteiger partial charge in [-0.15, -0.1) is 0 Å². The summed E-state index contributed by atoms with van der Waals surface area (Å²) in [4.78, 5) is 20.5. The van der Waals surface area contributed by atoms with Gasteiger partial charge in [0.2, 0.25) is 0 Å². The van der Waals surface area contributed by atoms with Crippen LogP contribution in [0.3, 0.4) is 0 Å². The molecule has 0 aliphatic carbocycles. The van der Waals surface area contributed by atoms with Gasteiger partial charge in [-0.05, 0) is 38.0 Å². The zero-order chi connectivity index (χ0) is 19.4. The Morgan fingerprint density at radius 1 is 1.30 bits per heavy atom. The number of nitrogens with zero attached hydrogens (tertiary/aromatic N) is 2. The molecule has 2 aromatic rings. The lowest BCUT2D eigenvalue weighted by Gasteiger charge is -2.12. The summed E-state index contributed by atoms with van der Waals surface area (Å²) in [6.45, 7) is 2.69. The molecule has 1 aliphatic rings. The SMILES string of the molecule is Cc1nc(Nc2cccc(C(F)(F)F)c2)cc(C(=O)NCC2CCCO2)n1. The molecule has 27 heavy (non-hydrogen) atoms. The summed E-state index contributed by atoms with van der Waals surface area (Å²) in [5.41, 5.74) is -0.420. The summed E-state index contributed by atoms with van der Waals surface area (Å²) in [5.74, 6) is 0.182. The number of hydrogen-bond acceptors (Lipinski definition) is 5. The normalized spacial score (nSPS) is 17.0. The lowest BCUT2D eigenvalue weighted by Crippen LogP contribution is -2.32. The molecule has 1 saturated heterocycles. The molecule has 1 aromatic carbocycles. The van der Waals surface area contributed by atoms with Crippen molar-refractivity contribution in [2.75, 3.05) is 18.5 Å². The van der Waals surface area contributed by atoms with Crippen molar-refractivity contribution in [3.63, 3.8) is 0 Å². The molecule has 6 nitrogen and oxygen atoms in total. The Balaban J connectivity index is 1.72. The number of rotatable bonds is 5.